The lowest BCUT2D eigenvalue weighted by atomic mass is 10.3. The number of ether oxygens (including phenoxy) is 1. The van der Waals surface area contributed by atoms with Gasteiger partial charge in [-0.15, -0.1) is 12.4 Å². The Morgan fingerprint density at radius 1 is 1.19 bits per heavy atom. The molecule has 1 heterocycles. The highest BCUT2D eigenvalue weighted by atomic mass is 35.5. The Balaban J connectivity index is 0.00000220. The fourth-order valence-electron chi connectivity index (χ4n) is 1.55. The van der Waals surface area contributed by atoms with Crippen LogP contribution in [0, 0.1) is 0 Å². The summed E-state index contributed by atoms with van der Waals surface area (Å²) < 4.78 is 32.8. The molecule has 9 heteroatoms. The maximum atomic E-state index is 10.5. The molecule has 0 bridgehead atoms. The molecule has 1 aromatic carbocycles. The molecule has 21 heavy (non-hydrogen) atoms. The number of benzene rings is 1. The third kappa shape index (κ3) is 6.13. The molecule has 7 nitrogen and oxygen atoms in total. The van der Waals surface area contributed by atoms with Crippen LogP contribution in [0.3, 0.4) is 0 Å². The first-order valence-electron chi connectivity index (χ1n) is 5.93. The van der Waals surface area contributed by atoms with Crippen LogP contribution in [0.2, 0.25) is 0 Å². The van der Waals surface area contributed by atoms with Crippen molar-refractivity contribution in [1.29, 1.82) is 0 Å². The van der Waals surface area contributed by atoms with Crippen LogP contribution in [0.1, 0.15) is 6.42 Å². The number of halogens is 1. The second-order valence-electron chi connectivity index (χ2n) is 3.98. The average Bonchev–Trinajstić information content (AvgIpc) is 2.92. The van der Waals surface area contributed by atoms with Crippen LogP contribution in [-0.4, -0.2) is 31.2 Å². The van der Waals surface area contributed by atoms with E-state index in [1.165, 1.54) is 0 Å². The summed E-state index contributed by atoms with van der Waals surface area (Å²) in [6, 6.07) is 7.46. The zero-order valence-electron chi connectivity index (χ0n) is 11.1. The summed E-state index contributed by atoms with van der Waals surface area (Å²) in [4.78, 5) is 3.97. The third-order valence-electron chi connectivity index (χ3n) is 2.44. The number of hydrogen-bond donors (Lipinski definition) is 1. The predicted molar refractivity (Wildman–Crippen MR) is 80.0 cm³/mol. The van der Waals surface area contributed by atoms with Gasteiger partial charge in [0, 0.05) is 24.5 Å². The summed E-state index contributed by atoms with van der Waals surface area (Å²) in [5.41, 5.74) is 0.979. The molecule has 0 spiro atoms. The van der Waals surface area contributed by atoms with Gasteiger partial charge in [-0.1, -0.05) is 0 Å². The lowest BCUT2D eigenvalue weighted by Crippen LogP contribution is -2.17. The molecule has 116 valence electrons. The molecule has 0 aliphatic rings. The fourth-order valence-corrected chi connectivity index (χ4v) is 1.90. The molecule has 0 atom stereocenters. The van der Waals surface area contributed by atoms with E-state index in [4.69, 9.17) is 9.88 Å². The lowest BCUT2D eigenvalue weighted by Gasteiger charge is -2.07. The molecule has 0 radical (unpaired) electrons. The summed E-state index contributed by atoms with van der Waals surface area (Å²) in [6.07, 6.45) is 5.69. The molecular formula is C12H16ClN3O4S. The average molecular weight is 334 g/mol. The molecule has 2 rings (SSSR count). The minimum Gasteiger partial charge on any atom is -0.494 e. The summed E-state index contributed by atoms with van der Waals surface area (Å²) >= 11 is 0. The normalized spacial score (nSPS) is 10.9. The number of hydrogen-bond acceptors (Lipinski definition) is 5. The standard InChI is InChI=1S/C12H15N3O4S.ClH/c13-20(16,17)19-9-1-8-18-12-4-2-11(3-5-12)15-7-6-14-10-15;/h2-7,10H,1,8-9H2,(H2,13,16,17);1H. The van der Waals surface area contributed by atoms with E-state index in [1.54, 1.807) is 12.5 Å². The number of nitrogens with two attached hydrogens (primary N) is 1. The molecule has 0 aliphatic carbocycles. The van der Waals surface area contributed by atoms with Gasteiger partial charge < -0.3 is 9.30 Å². The Hall–Kier alpha value is -1.61. The lowest BCUT2D eigenvalue weighted by molar-refractivity contribution is 0.251. The quantitative estimate of drug-likeness (QED) is 0.770. The van der Waals surface area contributed by atoms with Crippen LogP contribution in [0.5, 0.6) is 5.75 Å². The van der Waals surface area contributed by atoms with Crippen molar-refractivity contribution in [2.75, 3.05) is 13.2 Å². The van der Waals surface area contributed by atoms with Crippen molar-refractivity contribution in [3.8, 4) is 11.4 Å². The van der Waals surface area contributed by atoms with Gasteiger partial charge in [0.1, 0.15) is 5.75 Å². The van der Waals surface area contributed by atoms with Crippen molar-refractivity contribution < 1.29 is 17.3 Å². The van der Waals surface area contributed by atoms with Crippen molar-refractivity contribution in [3.05, 3.63) is 43.0 Å². The zero-order valence-corrected chi connectivity index (χ0v) is 12.7. The van der Waals surface area contributed by atoms with Gasteiger partial charge in [0.25, 0.3) is 0 Å². The van der Waals surface area contributed by atoms with Crippen molar-refractivity contribution in [1.82, 2.24) is 9.55 Å². The number of rotatable bonds is 7. The van der Waals surface area contributed by atoms with Crippen LogP contribution in [0.25, 0.3) is 5.69 Å². The smallest absolute Gasteiger partial charge is 0.333 e. The molecule has 0 amide bonds. The van der Waals surface area contributed by atoms with Gasteiger partial charge >= 0.3 is 10.3 Å². The number of imidazole rings is 1. The van der Waals surface area contributed by atoms with E-state index in [1.807, 2.05) is 35.0 Å². The molecular weight excluding hydrogens is 318 g/mol. The summed E-state index contributed by atoms with van der Waals surface area (Å²) in [7, 11) is -3.86. The van der Waals surface area contributed by atoms with Crippen LogP contribution in [0.15, 0.2) is 43.0 Å². The third-order valence-corrected chi connectivity index (χ3v) is 2.94. The van der Waals surface area contributed by atoms with Gasteiger partial charge in [0.05, 0.1) is 19.5 Å². The van der Waals surface area contributed by atoms with E-state index in [2.05, 4.69) is 9.17 Å². The highest BCUT2D eigenvalue weighted by Crippen LogP contribution is 2.15. The van der Waals surface area contributed by atoms with Crippen LogP contribution >= 0.6 is 12.4 Å². The molecule has 2 aromatic rings. The Labute approximate surface area is 129 Å². The minimum absolute atomic E-state index is 0. The Bertz CT molecular complexity index is 629. The molecule has 2 N–H and O–H groups in total. The topological polar surface area (TPSA) is 96.4 Å². The number of nitrogens with zero attached hydrogens (tertiary/aromatic N) is 2. The van der Waals surface area contributed by atoms with Gasteiger partial charge in [-0.25, -0.2) is 10.1 Å². The van der Waals surface area contributed by atoms with Gasteiger partial charge in [0.15, 0.2) is 0 Å². The summed E-state index contributed by atoms with van der Waals surface area (Å²) in [5, 5.41) is 4.69. The molecule has 1 aromatic heterocycles. The molecule has 0 saturated heterocycles. The Morgan fingerprint density at radius 2 is 1.90 bits per heavy atom. The van der Waals surface area contributed by atoms with Gasteiger partial charge in [0.2, 0.25) is 0 Å². The van der Waals surface area contributed by atoms with Crippen molar-refractivity contribution in [3.63, 3.8) is 0 Å². The molecule has 0 saturated carbocycles. The van der Waals surface area contributed by atoms with Gasteiger partial charge in [-0.3, -0.25) is 4.18 Å². The van der Waals surface area contributed by atoms with Crippen LogP contribution in [-0.2, 0) is 14.5 Å². The number of aromatic nitrogens is 2. The molecule has 0 fully saturated rings. The first-order chi connectivity index (χ1) is 9.54. The van der Waals surface area contributed by atoms with Crippen molar-refractivity contribution in [2.45, 2.75) is 6.42 Å². The van der Waals surface area contributed by atoms with Crippen LogP contribution in [0.4, 0.5) is 0 Å². The monoisotopic (exact) mass is 333 g/mol. The van der Waals surface area contributed by atoms with E-state index in [0.717, 1.165) is 5.69 Å². The van der Waals surface area contributed by atoms with Gasteiger partial charge in [-0.05, 0) is 24.3 Å². The van der Waals surface area contributed by atoms with Crippen molar-refractivity contribution >= 4 is 22.7 Å². The SMILES string of the molecule is Cl.NS(=O)(=O)OCCCOc1ccc(-n2ccnc2)cc1. The van der Waals surface area contributed by atoms with E-state index in [9.17, 15) is 8.42 Å². The minimum atomic E-state index is -3.86. The molecule has 0 unspecified atom stereocenters. The Kier molecular flexibility index (Phi) is 6.63. The second kappa shape index (κ2) is 7.99. The highest BCUT2D eigenvalue weighted by molar-refractivity contribution is 7.84. The van der Waals surface area contributed by atoms with Crippen LogP contribution < -0.4 is 9.88 Å². The summed E-state index contributed by atoms with van der Waals surface area (Å²) in [5.74, 6) is 0.699. The zero-order chi connectivity index (χ0) is 14.4. The first-order valence-corrected chi connectivity index (χ1v) is 7.40. The second-order valence-corrected chi connectivity index (χ2v) is 5.20. The van der Waals surface area contributed by atoms with E-state index in [-0.39, 0.29) is 19.0 Å². The highest BCUT2D eigenvalue weighted by Gasteiger charge is 2.01. The largest absolute Gasteiger partial charge is 0.494 e. The van der Waals surface area contributed by atoms with E-state index in [0.29, 0.717) is 18.8 Å². The molecule has 0 aliphatic heterocycles. The maximum Gasteiger partial charge on any atom is 0.333 e. The van der Waals surface area contributed by atoms with Gasteiger partial charge in [-0.2, -0.15) is 8.42 Å². The van der Waals surface area contributed by atoms with E-state index < -0.39 is 10.3 Å². The fraction of sp³-hybridized carbons (Fsp3) is 0.250. The predicted octanol–water partition coefficient (Wildman–Crippen LogP) is 1.28. The van der Waals surface area contributed by atoms with Crippen molar-refractivity contribution in [2.24, 2.45) is 5.14 Å². The first kappa shape index (κ1) is 17.4. The Morgan fingerprint density at radius 3 is 2.48 bits per heavy atom. The maximum absolute atomic E-state index is 10.5. The van der Waals surface area contributed by atoms with E-state index >= 15 is 0 Å². The summed E-state index contributed by atoms with van der Waals surface area (Å²) in [6.45, 7) is 0.353.